The second kappa shape index (κ2) is 6.86. The van der Waals surface area contributed by atoms with Crippen LogP contribution in [0.25, 0.3) is 0 Å². The Labute approximate surface area is 97.9 Å². The van der Waals surface area contributed by atoms with Crippen LogP contribution in [0.1, 0.15) is 39.5 Å². The fourth-order valence-corrected chi connectivity index (χ4v) is 1.86. The Morgan fingerprint density at radius 2 is 2.00 bits per heavy atom. The maximum atomic E-state index is 11.3. The van der Waals surface area contributed by atoms with Gasteiger partial charge < -0.3 is 15.8 Å². The van der Waals surface area contributed by atoms with Crippen molar-refractivity contribution in [1.82, 2.24) is 5.32 Å². The number of carbonyl (C=O) groups excluding carboxylic acids is 1. The van der Waals surface area contributed by atoms with E-state index >= 15 is 0 Å². The third-order valence-corrected chi connectivity index (χ3v) is 3.00. The maximum absolute atomic E-state index is 11.3. The highest BCUT2D eigenvalue weighted by molar-refractivity contribution is 5.77. The molecule has 0 aliphatic heterocycles. The van der Waals surface area contributed by atoms with Gasteiger partial charge in [-0.1, -0.05) is 13.8 Å². The van der Waals surface area contributed by atoms with Gasteiger partial charge in [-0.25, -0.2) is 0 Å². The number of carbonyl (C=O) groups is 1. The van der Waals surface area contributed by atoms with Gasteiger partial charge in [-0.15, -0.1) is 0 Å². The molecular formula is C12H24N2O2. The van der Waals surface area contributed by atoms with Gasteiger partial charge in [0.25, 0.3) is 0 Å². The first-order valence-electron chi connectivity index (χ1n) is 6.24. The van der Waals surface area contributed by atoms with E-state index in [-0.39, 0.29) is 11.8 Å². The second-order valence-corrected chi connectivity index (χ2v) is 4.85. The summed E-state index contributed by atoms with van der Waals surface area (Å²) < 4.78 is 5.69. The number of hydrogen-bond donors (Lipinski definition) is 2. The molecule has 1 rings (SSSR count). The van der Waals surface area contributed by atoms with Crippen LogP contribution in [0.2, 0.25) is 0 Å². The van der Waals surface area contributed by atoms with E-state index in [9.17, 15) is 4.79 Å². The molecule has 0 spiro atoms. The first-order valence-corrected chi connectivity index (χ1v) is 6.24. The van der Waals surface area contributed by atoms with Gasteiger partial charge in [0.1, 0.15) is 0 Å². The van der Waals surface area contributed by atoms with Crippen LogP contribution in [0, 0.1) is 5.92 Å². The topological polar surface area (TPSA) is 64.3 Å². The van der Waals surface area contributed by atoms with Crippen molar-refractivity contribution in [2.45, 2.75) is 51.7 Å². The highest BCUT2D eigenvalue weighted by Gasteiger charge is 2.18. The Hall–Kier alpha value is -0.610. The van der Waals surface area contributed by atoms with Crippen LogP contribution in [0.5, 0.6) is 0 Å². The van der Waals surface area contributed by atoms with Crippen molar-refractivity contribution in [2.24, 2.45) is 11.7 Å². The van der Waals surface area contributed by atoms with Crippen LogP contribution in [0.3, 0.4) is 0 Å². The van der Waals surface area contributed by atoms with E-state index in [1.807, 2.05) is 13.8 Å². The molecule has 0 aromatic carbocycles. The fraction of sp³-hybridized carbons (Fsp3) is 0.917. The highest BCUT2D eigenvalue weighted by atomic mass is 16.5. The molecule has 1 aliphatic rings. The number of rotatable bonds is 5. The molecule has 1 fully saturated rings. The fourth-order valence-electron chi connectivity index (χ4n) is 1.86. The lowest BCUT2D eigenvalue weighted by Gasteiger charge is -2.26. The summed E-state index contributed by atoms with van der Waals surface area (Å²) in [5, 5.41) is 2.84. The van der Waals surface area contributed by atoms with Gasteiger partial charge in [-0.3, -0.25) is 4.79 Å². The van der Waals surface area contributed by atoms with Crippen molar-refractivity contribution in [2.75, 3.05) is 13.2 Å². The van der Waals surface area contributed by atoms with Crippen molar-refractivity contribution >= 4 is 5.91 Å². The zero-order chi connectivity index (χ0) is 12.0. The molecule has 0 heterocycles. The lowest BCUT2D eigenvalue weighted by Crippen LogP contribution is -2.34. The van der Waals surface area contributed by atoms with Gasteiger partial charge in [-0.05, 0) is 25.7 Å². The Morgan fingerprint density at radius 3 is 2.56 bits per heavy atom. The lowest BCUT2D eigenvalue weighted by molar-refractivity contribution is -0.124. The molecule has 94 valence electrons. The Morgan fingerprint density at radius 1 is 1.38 bits per heavy atom. The summed E-state index contributed by atoms with van der Waals surface area (Å²) in [6.45, 7) is 5.00. The number of hydrogen-bond acceptors (Lipinski definition) is 3. The molecule has 1 saturated carbocycles. The van der Waals surface area contributed by atoms with Crippen molar-refractivity contribution in [3.05, 3.63) is 0 Å². The molecule has 4 nitrogen and oxygen atoms in total. The van der Waals surface area contributed by atoms with E-state index in [0.29, 0.717) is 25.3 Å². The van der Waals surface area contributed by atoms with E-state index in [2.05, 4.69) is 5.32 Å². The smallest absolute Gasteiger partial charge is 0.222 e. The van der Waals surface area contributed by atoms with Crippen molar-refractivity contribution in [3.63, 3.8) is 0 Å². The monoisotopic (exact) mass is 228 g/mol. The molecular weight excluding hydrogens is 204 g/mol. The SMILES string of the molecule is CC(C)C(=O)NCCOC1CCC(N)CC1. The first kappa shape index (κ1) is 13.5. The zero-order valence-corrected chi connectivity index (χ0v) is 10.4. The molecule has 0 radical (unpaired) electrons. The van der Waals surface area contributed by atoms with Crippen LogP contribution in [0.4, 0.5) is 0 Å². The first-order chi connectivity index (χ1) is 7.59. The number of nitrogens with two attached hydrogens (primary N) is 1. The van der Waals surface area contributed by atoms with Crippen LogP contribution >= 0.6 is 0 Å². The van der Waals surface area contributed by atoms with Gasteiger partial charge in [0.05, 0.1) is 12.7 Å². The standard InChI is InChI=1S/C12H24N2O2/c1-9(2)12(15)14-7-8-16-11-5-3-10(13)4-6-11/h9-11H,3-8,13H2,1-2H3,(H,14,15). The predicted octanol–water partition coefficient (Wildman–Crippen LogP) is 1.05. The van der Waals surface area contributed by atoms with E-state index in [1.165, 1.54) is 0 Å². The van der Waals surface area contributed by atoms with Gasteiger partial charge in [0.2, 0.25) is 5.91 Å². The van der Waals surface area contributed by atoms with Crippen LogP contribution in [-0.4, -0.2) is 31.2 Å². The van der Waals surface area contributed by atoms with Crippen molar-refractivity contribution < 1.29 is 9.53 Å². The van der Waals surface area contributed by atoms with Crippen LogP contribution < -0.4 is 11.1 Å². The molecule has 0 aromatic heterocycles. The zero-order valence-electron chi connectivity index (χ0n) is 10.4. The number of nitrogens with one attached hydrogen (secondary N) is 1. The van der Waals surface area contributed by atoms with Crippen LogP contribution in [-0.2, 0) is 9.53 Å². The normalized spacial score (nSPS) is 25.8. The van der Waals surface area contributed by atoms with E-state index in [0.717, 1.165) is 25.7 Å². The maximum Gasteiger partial charge on any atom is 0.222 e. The molecule has 0 unspecified atom stereocenters. The van der Waals surface area contributed by atoms with E-state index in [4.69, 9.17) is 10.5 Å². The third-order valence-electron chi connectivity index (χ3n) is 3.00. The Bertz CT molecular complexity index is 211. The van der Waals surface area contributed by atoms with Crippen molar-refractivity contribution in [3.8, 4) is 0 Å². The highest BCUT2D eigenvalue weighted by Crippen LogP contribution is 2.19. The largest absolute Gasteiger partial charge is 0.376 e. The van der Waals surface area contributed by atoms with Crippen molar-refractivity contribution in [1.29, 1.82) is 0 Å². The molecule has 3 N–H and O–H groups in total. The minimum atomic E-state index is 0.0488. The minimum absolute atomic E-state index is 0.0488. The molecule has 0 bridgehead atoms. The molecule has 0 aromatic rings. The molecule has 16 heavy (non-hydrogen) atoms. The van der Waals surface area contributed by atoms with Gasteiger partial charge in [-0.2, -0.15) is 0 Å². The summed E-state index contributed by atoms with van der Waals surface area (Å²) in [7, 11) is 0. The summed E-state index contributed by atoms with van der Waals surface area (Å²) in [6.07, 6.45) is 4.57. The summed E-state index contributed by atoms with van der Waals surface area (Å²) in [5.41, 5.74) is 5.81. The number of amides is 1. The van der Waals surface area contributed by atoms with E-state index < -0.39 is 0 Å². The second-order valence-electron chi connectivity index (χ2n) is 4.85. The van der Waals surface area contributed by atoms with E-state index in [1.54, 1.807) is 0 Å². The summed E-state index contributed by atoms with van der Waals surface area (Å²) >= 11 is 0. The lowest BCUT2D eigenvalue weighted by atomic mass is 9.94. The van der Waals surface area contributed by atoms with Gasteiger partial charge in [0, 0.05) is 18.5 Å². The van der Waals surface area contributed by atoms with Crippen LogP contribution in [0.15, 0.2) is 0 Å². The molecule has 1 amide bonds. The summed E-state index contributed by atoms with van der Waals surface area (Å²) in [5.74, 6) is 0.141. The predicted molar refractivity (Wildman–Crippen MR) is 64.0 cm³/mol. The molecule has 1 aliphatic carbocycles. The van der Waals surface area contributed by atoms with Gasteiger partial charge >= 0.3 is 0 Å². The minimum Gasteiger partial charge on any atom is -0.376 e. The average Bonchev–Trinajstić information content (AvgIpc) is 2.26. The Balaban J connectivity index is 2.01. The quantitative estimate of drug-likeness (QED) is 0.691. The Kier molecular flexibility index (Phi) is 5.77. The molecule has 0 saturated heterocycles. The summed E-state index contributed by atoms with van der Waals surface area (Å²) in [4.78, 5) is 11.3. The average molecular weight is 228 g/mol. The number of ether oxygens (including phenoxy) is 1. The van der Waals surface area contributed by atoms with Gasteiger partial charge in [0.15, 0.2) is 0 Å². The molecule has 0 atom stereocenters. The summed E-state index contributed by atoms with van der Waals surface area (Å²) in [6, 6.07) is 0.362. The third kappa shape index (κ3) is 4.94. The molecule has 4 heteroatoms.